The average Bonchev–Trinajstić information content (AvgIpc) is 2.62. The first kappa shape index (κ1) is 12.7. The van der Waals surface area contributed by atoms with Crippen LogP contribution in [-0.2, 0) is 0 Å². The van der Waals surface area contributed by atoms with E-state index in [1.807, 2.05) is 42.7 Å². The molecule has 0 aliphatic carbocycles. The van der Waals surface area contributed by atoms with Crippen molar-refractivity contribution in [3.8, 4) is 22.4 Å². The van der Waals surface area contributed by atoms with Crippen molar-refractivity contribution in [1.82, 2.24) is 9.97 Å². The van der Waals surface area contributed by atoms with Gasteiger partial charge in [0, 0.05) is 28.9 Å². The van der Waals surface area contributed by atoms with Crippen LogP contribution in [0.15, 0.2) is 85.2 Å². The zero-order valence-corrected chi connectivity index (χ0v) is 12.0. The van der Waals surface area contributed by atoms with E-state index in [0.29, 0.717) is 0 Å². The van der Waals surface area contributed by atoms with Gasteiger partial charge < -0.3 is 0 Å². The summed E-state index contributed by atoms with van der Waals surface area (Å²) in [4.78, 5) is 9.03. The van der Waals surface area contributed by atoms with Crippen molar-refractivity contribution in [2.24, 2.45) is 0 Å². The summed E-state index contributed by atoms with van der Waals surface area (Å²) in [5.74, 6) is 0. The van der Waals surface area contributed by atoms with Crippen LogP contribution in [0.4, 0.5) is 0 Å². The normalized spacial score (nSPS) is 10.7. The van der Waals surface area contributed by atoms with Crippen molar-refractivity contribution in [2.45, 2.75) is 0 Å². The summed E-state index contributed by atoms with van der Waals surface area (Å²) in [6.07, 6.45) is 3.70. The molecule has 0 aliphatic heterocycles. The molecule has 2 aromatic heterocycles. The molecule has 0 saturated carbocycles. The van der Waals surface area contributed by atoms with Gasteiger partial charge >= 0.3 is 0 Å². The number of rotatable bonds is 2. The predicted molar refractivity (Wildman–Crippen MR) is 90.4 cm³/mol. The lowest BCUT2D eigenvalue weighted by molar-refractivity contribution is 1.32. The largest absolute Gasteiger partial charge is 0.256 e. The quantitative estimate of drug-likeness (QED) is 0.519. The fraction of sp³-hybridized carbons (Fsp3) is 0. The lowest BCUT2D eigenvalue weighted by Gasteiger charge is -2.08. The van der Waals surface area contributed by atoms with E-state index in [9.17, 15) is 0 Å². The Kier molecular flexibility index (Phi) is 3.13. The van der Waals surface area contributed by atoms with Crippen molar-refractivity contribution in [1.29, 1.82) is 0 Å². The number of benzene rings is 2. The lowest BCUT2D eigenvalue weighted by atomic mass is 10.0. The first-order chi connectivity index (χ1) is 10.9. The number of hydrogen-bond acceptors (Lipinski definition) is 2. The molecule has 0 atom stereocenters. The van der Waals surface area contributed by atoms with E-state index in [2.05, 4.69) is 52.4 Å². The molecule has 0 N–H and O–H groups in total. The first-order valence-corrected chi connectivity index (χ1v) is 7.27. The van der Waals surface area contributed by atoms with Crippen molar-refractivity contribution in [2.75, 3.05) is 0 Å². The molecule has 2 aromatic carbocycles. The number of hydrogen-bond donors (Lipinski definition) is 0. The van der Waals surface area contributed by atoms with Gasteiger partial charge in [-0.05, 0) is 23.8 Å². The molecule has 0 aliphatic rings. The van der Waals surface area contributed by atoms with E-state index >= 15 is 0 Å². The van der Waals surface area contributed by atoms with Gasteiger partial charge in [0.2, 0.25) is 0 Å². The topological polar surface area (TPSA) is 25.8 Å². The molecule has 2 nitrogen and oxygen atoms in total. The number of fused-ring (bicyclic) bond motifs is 1. The standard InChI is InChI=1S/C20H14N2/c1-2-6-15(7-3-1)19-14-17(11-13-21-19)18-10-4-8-16-9-5-12-22-20(16)18/h1-14H. The van der Waals surface area contributed by atoms with Crippen LogP contribution in [0.5, 0.6) is 0 Å². The Labute approximate surface area is 129 Å². The molecular weight excluding hydrogens is 268 g/mol. The minimum Gasteiger partial charge on any atom is -0.256 e. The summed E-state index contributed by atoms with van der Waals surface area (Å²) < 4.78 is 0. The van der Waals surface area contributed by atoms with Crippen molar-refractivity contribution in [3.63, 3.8) is 0 Å². The first-order valence-electron chi connectivity index (χ1n) is 7.27. The highest BCUT2D eigenvalue weighted by Gasteiger charge is 2.06. The van der Waals surface area contributed by atoms with Gasteiger partial charge in [-0.3, -0.25) is 9.97 Å². The highest BCUT2D eigenvalue weighted by Crippen LogP contribution is 2.29. The molecule has 0 bridgehead atoms. The van der Waals surface area contributed by atoms with Crippen LogP contribution in [0.3, 0.4) is 0 Å². The van der Waals surface area contributed by atoms with Gasteiger partial charge in [0.05, 0.1) is 11.2 Å². The fourth-order valence-corrected chi connectivity index (χ4v) is 2.70. The van der Waals surface area contributed by atoms with Crippen molar-refractivity contribution in [3.05, 3.63) is 85.2 Å². The molecule has 0 amide bonds. The molecule has 0 fully saturated rings. The summed E-state index contributed by atoms with van der Waals surface area (Å²) >= 11 is 0. The second-order valence-electron chi connectivity index (χ2n) is 5.18. The predicted octanol–water partition coefficient (Wildman–Crippen LogP) is 4.96. The molecular formula is C20H14N2. The highest BCUT2D eigenvalue weighted by atomic mass is 14.7. The smallest absolute Gasteiger partial charge is 0.0780 e. The number of aromatic nitrogens is 2. The Morgan fingerprint density at radius 2 is 1.45 bits per heavy atom. The van der Waals surface area contributed by atoms with E-state index in [1.165, 1.54) is 0 Å². The second-order valence-corrected chi connectivity index (χ2v) is 5.18. The third-order valence-corrected chi connectivity index (χ3v) is 3.77. The van der Waals surface area contributed by atoms with Crippen LogP contribution < -0.4 is 0 Å². The molecule has 0 unspecified atom stereocenters. The summed E-state index contributed by atoms with van der Waals surface area (Å²) in [5.41, 5.74) is 5.40. The maximum absolute atomic E-state index is 4.54. The zero-order chi connectivity index (χ0) is 14.8. The Morgan fingerprint density at radius 3 is 2.36 bits per heavy atom. The van der Waals surface area contributed by atoms with Crippen molar-refractivity contribution < 1.29 is 0 Å². The van der Waals surface area contributed by atoms with Gasteiger partial charge in [-0.2, -0.15) is 0 Å². The van der Waals surface area contributed by atoms with Gasteiger partial charge in [-0.15, -0.1) is 0 Å². The maximum Gasteiger partial charge on any atom is 0.0780 e. The summed E-state index contributed by atoms with van der Waals surface area (Å²) in [5, 5.41) is 1.15. The van der Waals surface area contributed by atoms with Crippen molar-refractivity contribution >= 4 is 10.9 Å². The summed E-state index contributed by atoms with van der Waals surface area (Å²) in [7, 11) is 0. The van der Waals surface area contributed by atoms with Crippen LogP contribution in [0, 0.1) is 0 Å². The van der Waals surface area contributed by atoms with E-state index in [4.69, 9.17) is 0 Å². The Morgan fingerprint density at radius 1 is 0.591 bits per heavy atom. The van der Waals surface area contributed by atoms with E-state index in [1.54, 1.807) is 0 Å². The van der Waals surface area contributed by atoms with E-state index in [0.717, 1.165) is 33.3 Å². The fourth-order valence-electron chi connectivity index (χ4n) is 2.70. The van der Waals surface area contributed by atoms with Gasteiger partial charge in [-0.1, -0.05) is 54.6 Å². The Bertz CT molecular complexity index is 925. The molecule has 0 saturated heterocycles. The maximum atomic E-state index is 4.54. The third-order valence-electron chi connectivity index (χ3n) is 3.77. The van der Waals surface area contributed by atoms with Gasteiger partial charge in [-0.25, -0.2) is 0 Å². The molecule has 104 valence electrons. The third kappa shape index (κ3) is 2.25. The van der Waals surface area contributed by atoms with Crippen LogP contribution in [0.1, 0.15) is 0 Å². The van der Waals surface area contributed by atoms with E-state index < -0.39 is 0 Å². The van der Waals surface area contributed by atoms with E-state index in [-0.39, 0.29) is 0 Å². The lowest BCUT2D eigenvalue weighted by Crippen LogP contribution is -1.87. The Balaban J connectivity index is 1.89. The summed E-state index contributed by atoms with van der Waals surface area (Å²) in [6.45, 7) is 0. The second kappa shape index (κ2) is 5.41. The average molecular weight is 282 g/mol. The minimum absolute atomic E-state index is 0.978. The molecule has 2 heteroatoms. The molecule has 0 radical (unpaired) electrons. The highest BCUT2D eigenvalue weighted by molar-refractivity contribution is 5.93. The SMILES string of the molecule is c1ccc(-c2cc(-c3cccc4cccnc34)ccn2)cc1. The van der Waals surface area contributed by atoms with Gasteiger partial charge in [0.1, 0.15) is 0 Å². The number of pyridine rings is 2. The van der Waals surface area contributed by atoms with Crippen LogP contribution in [0.25, 0.3) is 33.3 Å². The molecule has 22 heavy (non-hydrogen) atoms. The minimum atomic E-state index is 0.978. The zero-order valence-electron chi connectivity index (χ0n) is 12.0. The molecule has 0 spiro atoms. The van der Waals surface area contributed by atoms with Gasteiger partial charge in [0.25, 0.3) is 0 Å². The van der Waals surface area contributed by atoms with Crippen LogP contribution in [0.2, 0.25) is 0 Å². The number of para-hydroxylation sites is 1. The van der Waals surface area contributed by atoms with Crippen LogP contribution in [-0.4, -0.2) is 9.97 Å². The Hall–Kier alpha value is -3.00. The molecule has 2 heterocycles. The summed E-state index contributed by atoms with van der Waals surface area (Å²) in [6, 6.07) is 24.7. The molecule has 4 aromatic rings. The number of nitrogens with zero attached hydrogens (tertiary/aromatic N) is 2. The van der Waals surface area contributed by atoms with Gasteiger partial charge in [0.15, 0.2) is 0 Å². The van der Waals surface area contributed by atoms with Crippen LogP contribution >= 0.6 is 0 Å². The monoisotopic (exact) mass is 282 g/mol. The molecule has 4 rings (SSSR count).